The summed E-state index contributed by atoms with van der Waals surface area (Å²) in [6.45, 7) is 7.50. The number of rotatable bonds is 3. The molecule has 1 saturated heterocycles. The fourth-order valence-electron chi connectivity index (χ4n) is 3.06. The smallest absolute Gasteiger partial charge is 0.394 e. The van der Waals surface area contributed by atoms with Crippen LogP contribution >= 0.6 is 11.8 Å². The van der Waals surface area contributed by atoms with E-state index in [0.717, 1.165) is 11.8 Å². The summed E-state index contributed by atoms with van der Waals surface area (Å²) in [7, 11) is 0. The van der Waals surface area contributed by atoms with Gasteiger partial charge in [0.1, 0.15) is 11.6 Å². The van der Waals surface area contributed by atoms with Crippen LogP contribution in [0.1, 0.15) is 25.1 Å². The lowest BCUT2D eigenvalue weighted by Gasteiger charge is -2.37. The molecule has 0 radical (unpaired) electrons. The Labute approximate surface area is 178 Å². The number of nitrogens with zero attached hydrogens (tertiary/aromatic N) is 3. The highest BCUT2D eigenvalue weighted by Crippen LogP contribution is 2.32. The molecule has 0 amide bonds. The van der Waals surface area contributed by atoms with Crippen LogP contribution in [-0.4, -0.2) is 48.6 Å². The van der Waals surface area contributed by atoms with Crippen molar-refractivity contribution in [3.8, 4) is 0 Å². The molecule has 4 nitrogen and oxygen atoms in total. The van der Waals surface area contributed by atoms with Gasteiger partial charge in [-0.2, -0.15) is 13.2 Å². The van der Waals surface area contributed by atoms with E-state index in [2.05, 4.69) is 9.88 Å². The molecular formula is C21H27F4N3OS. The number of alkyl halides is 3. The number of aliphatic hydroxyl groups is 1. The Kier molecular flexibility index (Phi) is 8.37. The van der Waals surface area contributed by atoms with Gasteiger partial charge in [-0.25, -0.2) is 9.37 Å². The molecule has 0 saturated carbocycles. The van der Waals surface area contributed by atoms with Crippen molar-refractivity contribution in [1.82, 2.24) is 4.98 Å². The number of hydrogen-bond donors (Lipinski definition) is 1. The van der Waals surface area contributed by atoms with Crippen molar-refractivity contribution in [2.24, 2.45) is 0 Å². The van der Waals surface area contributed by atoms with E-state index in [0.29, 0.717) is 36.9 Å². The van der Waals surface area contributed by atoms with Crippen LogP contribution in [0.25, 0.3) is 0 Å². The van der Waals surface area contributed by atoms with E-state index in [4.69, 9.17) is 5.11 Å². The van der Waals surface area contributed by atoms with E-state index in [9.17, 15) is 17.6 Å². The first-order chi connectivity index (χ1) is 14.0. The van der Waals surface area contributed by atoms with E-state index >= 15 is 0 Å². The van der Waals surface area contributed by atoms with E-state index in [-0.39, 0.29) is 17.6 Å². The Morgan fingerprint density at radius 1 is 1.03 bits per heavy atom. The molecule has 1 aliphatic rings. The lowest BCUT2D eigenvalue weighted by molar-refractivity contribution is -0.138. The molecule has 1 aromatic carbocycles. The topological polar surface area (TPSA) is 39.6 Å². The Morgan fingerprint density at radius 3 is 2.10 bits per heavy atom. The standard InChI is InChI=1S/C18H19F4N3S.C3H8O/c1-12-14(18(20,21)22)4-6-17(23-12)25-9-7-24(8-10-25)13-3-5-15(19)16(11-13)26-2;1-3(2)4/h3-6,11H,7-10H2,1-2H3;3-4H,1-2H3. The molecule has 166 valence electrons. The summed E-state index contributed by atoms with van der Waals surface area (Å²) in [5.74, 6) is 0.323. The second kappa shape index (κ2) is 10.3. The Morgan fingerprint density at radius 2 is 1.60 bits per heavy atom. The van der Waals surface area contributed by atoms with Crippen LogP contribution in [0.2, 0.25) is 0 Å². The zero-order chi connectivity index (χ0) is 22.5. The number of aliphatic hydroxyl groups excluding tert-OH is 1. The SMILES string of the molecule is CC(C)O.CSc1cc(N2CCN(c3ccc(C(F)(F)F)c(C)n3)CC2)ccc1F. The maximum Gasteiger partial charge on any atom is 0.418 e. The number of aryl methyl sites for hydroxylation is 1. The first kappa shape index (κ1) is 24.3. The lowest BCUT2D eigenvalue weighted by atomic mass is 10.2. The molecule has 2 aromatic rings. The number of benzene rings is 1. The summed E-state index contributed by atoms with van der Waals surface area (Å²) in [6.07, 6.45) is -2.72. The van der Waals surface area contributed by atoms with Crippen LogP contribution in [0.5, 0.6) is 0 Å². The van der Waals surface area contributed by atoms with Crippen molar-refractivity contribution in [2.75, 3.05) is 42.2 Å². The third-order valence-electron chi connectivity index (χ3n) is 4.48. The Hall–Kier alpha value is -2.00. The van der Waals surface area contributed by atoms with E-state index in [1.807, 2.05) is 17.2 Å². The average molecular weight is 446 g/mol. The maximum absolute atomic E-state index is 13.6. The van der Waals surface area contributed by atoms with Gasteiger partial charge >= 0.3 is 6.18 Å². The van der Waals surface area contributed by atoms with Crippen LogP contribution < -0.4 is 9.80 Å². The molecule has 0 unspecified atom stereocenters. The van der Waals surface area contributed by atoms with Gasteiger partial charge in [-0.15, -0.1) is 11.8 Å². The summed E-state index contributed by atoms with van der Waals surface area (Å²) in [4.78, 5) is 8.86. The van der Waals surface area contributed by atoms with Gasteiger partial charge in [0.15, 0.2) is 0 Å². The molecule has 9 heteroatoms. The summed E-state index contributed by atoms with van der Waals surface area (Å²) in [5.41, 5.74) is 0.239. The maximum atomic E-state index is 13.6. The van der Waals surface area contributed by atoms with Gasteiger partial charge in [0, 0.05) is 42.9 Å². The van der Waals surface area contributed by atoms with Crippen molar-refractivity contribution < 1.29 is 22.7 Å². The Balaban J connectivity index is 0.000000735. The van der Waals surface area contributed by atoms with Crippen molar-refractivity contribution in [3.63, 3.8) is 0 Å². The zero-order valence-corrected chi connectivity index (χ0v) is 18.3. The van der Waals surface area contributed by atoms with Crippen LogP contribution in [0.3, 0.4) is 0 Å². The first-order valence-corrected chi connectivity index (χ1v) is 10.8. The third kappa shape index (κ3) is 6.50. The summed E-state index contributed by atoms with van der Waals surface area (Å²) in [5, 5.41) is 8.06. The van der Waals surface area contributed by atoms with Crippen LogP contribution in [0.15, 0.2) is 35.2 Å². The largest absolute Gasteiger partial charge is 0.418 e. The normalized spacial score (nSPS) is 14.6. The highest BCUT2D eigenvalue weighted by Gasteiger charge is 2.33. The number of anilines is 2. The van der Waals surface area contributed by atoms with E-state index in [1.165, 1.54) is 30.8 Å². The number of pyridine rings is 1. The molecule has 0 aliphatic carbocycles. The Bertz CT molecular complexity index is 835. The molecular weight excluding hydrogens is 418 g/mol. The van der Waals surface area contributed by atoms with Crippen LogP contribution in [-0.2, 0) is 6.18 Å². The third-order valence-corrected chi connectivity index (χ3v) is 5.23. The van der Waals surface area contributed by atoms with Crippen molar-refractivity contribution in [2.45, 2.75) is 37.9 Å². The molecule has 3 rings (SSSR count). The highest BCUT2D eigenvalue weighted by atomic mass is 32.2. The zero-order valence-electron chi connectivity index (χ0n) is 17.5. The van der Waals surface area contributed by atoms with Gasteiger partial charge < -0.3 is 14.9 Å². The molecule has 1 aliphatic heterocycles. The van der Waals surface area contributed by atoms with E-state index < -0.39 is 11.7 Å². The first-order valence-electron chi connectivity index (χ1n) is 9.59. The molecule has 1 N–H and O–H groups in total. The quantitative estimate of drug-likeness (QED) is 0.533. The number of hydrogen-bond acceptors (Lipinski definition) is 5. The second-order valence-electron chi connectivity index (χ2n) is 7.19. The lowest BCUT2D eigenvalue weighted by Crippen LogP contribution is -2.47. The number of piperazine rings is 1. The molecule has 0 spiro atoms. The summed E-state index contributed by atoms with van der Waals surface area (Å²) < 4.78 is 52.2. The van der Waals surface area contributed by atoms with Crippen molar-refractivity contribution in [3.05, 3.63) is 47.4 Å². The molecule has 1 aromatic heterocycles. The molecule has 30 heavy (non-hydrogen) atoms. The number of aromatic nitrogens is 1. The van der Waals surface area contributed by atoms with Gasteiger partial charge in [-0.05, 0) is 57.4 Å². The highest BCUT2D eigenvalue weighted by molar-refractivity contribution is 7.98. The predicted octanol–water partition coefficient (Wildman–Crippen LogP) is 4.98. The van der Waals surface area contributed by atoms with Gasteiger partial charge in [0.2, 0.25) is 0 Å². The van der Waals surface area contributed by atoms with Crippen molar-refractivity contribution >= 4 is 23.3 Å². The molecule has 0 atom stereocenters. The monoisotopic (exact) mass is 445 g/mol. The number of thioether (sulfide) groups is 1. The minimum Gasteiger partial charge on any atom is -0.394 e. The summed E-state index contributed by atoms with van der Waals surface area (Å²) >= 11 is 1.36. The average Bonchev–Trinajstić information content (AvgIpc) is 2.67. The number of halogens is 4. The van der Waals surface area contributed by atoms with Crippen LogP contribution in [0, 0.1) is 12.7 Å². The summed E-state index contributed by atoms with van der Waals surface area (Å²) in [6, 6.07) is 7.57. The van der Waals surface area contributed by atoms with Crippen LogP contribution in [0.4, 0.5) is 29.1 Å². The van der Waals surface area contributed by atoms with E-state index in [1.54, 1.807) is 19.9 Å². The van der Waals surface area contributed by atoms with Crippen molar-refractivity contribution in [1.29, 1.82) is 0 Å². The van der Waals surface area contributed by atoms with Gasteiger partial charge in [-0.3, -0.25) is 0 Å². The molecule has 1 fully saturated rings. The minimum atomic E-state index is -4.38. The molecule has 0 bridgehead atoms. The molecule has 2 heterocycles. The second-order valence-corrected chi connectivity index (χ2v) is 8.03. The van der Waals surface area contributed by atoms with Gasteiger partial charge in [0.05, 0.1) is 11.3 Å². The fourth-order valence-corrected chi connectivity index (χ4v) is 3.56. The fraction of sp³-hybridized carbons (Fsp3) is 0.476. The predicted molar refractivity (Wildman–Crippen MR) is 114 cm³/mol. The van der Waals surface area contributed by atoms with Gasteiger partial charge in [0.25, 0.3) is 0 Å². The minimum absolute atomic E-state index is 0.0134. The van der Waals surface area contributed by atoms with Gasteiger partial charge in [-0.1, -0.05) is 0 Å².